The minimum atomic E-state index is -3.89. The summed E-state index contributed by atoms with van der Waals surface area (Å²) in [4.78, 5) is 27.1. The first kappa shape index (κ1) is 30.4. The van der Waals surface area contributed by atoms with Gasteiger partial charge in [0.15, 0.2) is 0 Å². The van der Waals surface area contributed by atoms with Gasteiger partial charge in [-0.2, -0.15) is 0 Å². The summed E-state index contributed by atoms with van der Waals surface area (Å²) in [6, 6.07) is 11.9. The van der Waals surface area contributed by atoms with E-state index in [4.69, 9.17) is 4.74 Å². The van der Waals surface area contributed by atoms with Crippen molar-refractivity contribution in [1.29, 1.82) is 0 Å². The first-order chi connectivity index (χ1) is 18.0. The van der Waals surface area contributed by atoms with Gasteiger partial charge in [0, 0.05) is 35.4 Å². The third kappa shape index (κ3) is 7.70. The average molecular weight is 556 g/mol. The van der Waals surface area contributed by atoms with Gasteiger partial charge in [-0.25, -0.2) is 17.9 Å². The van der Waals surface area contributed by atoms with E-state index in [9.17, 15) is 18.0 Å². The topological polar surface area (TPSA) is 105 Å². The number of ether oxygens (including phenoxy) is 1. The molecule has 0 aliphatic carbocycles. The summed E-state index contributed by atoms with van der Waals surface area (Å²) in [5.74, 6) is -0.248. The van der Waals surface area contributed by atoms with Crippen LogP contribution in [0.3, 0.4) is 0 Å². The van der Waals surface area contributed by atoms with Crippen molar-refractivity contribution in [3.63, 3.8) is 0 Å². The van der Waals surface area contributed by atoms with E-state index in [-0.39, 0.29) is 22.8 Å². The fourth-order valence-corrected chi connectivity index (χ4v) is 6.27. The number of carbonyl (C=O) groups is 2. The lowest BCUT2D eigenvalue weighted by Gasteiger charge is -2.41. The molecule has 2 aromatic carbocycles. The lowest BCUT2D eigenvalue weighted by atomic mass is 9.81. The Hall–Kier alpha value is -3.17. The molecule has 0 radical (unpaired) electrons. The molecule has 39 heavy (non-hydrogen) atoms. The molecule has 0 atom stereocenters. The van der Waals surface area contributed by atoms with Gasteiger partial charge in [-0.15, -0.1) is 0 Å². The monoisotopic (exact) mass is 555 g/mol. The van der Waals surface area contributed by atoms with Crippen LogP contribution in [0.2, 0.25) is 0 Å². The Kier molecular flexibility index (Phi) is 8.97. The van der Waals surface area contributed by atoms with E-state index < -0.39 is 21.2 Å². The van der Waals surface area contributed by atoms with Crippen LogP contribution in [-0.2, 0) is 14.8 Å². The standard InChI is InChI=1S/C30H41N3O5S/c1-20(2)25-19-23(13-14-26(25)31-27(34)24-12-10-9-11-21(24)3)39(36,37)32-30(7,8)22-15-17-33(18-16-22)28(35)38-29(4,5)6/h9-14,19,22,32H,1,15-18H2,2-8H3,(H,31,34). The molecule has 0 aromatic heterocycles. The number of aryl methyl sites for hydroxylation is 1. The predicted octanol–water partition coefficient (Wildman–Crippen LogP) is 5.98. The first-order valence-electron chi connectivity index (χ1n) is 13.2. The van der Waals surface area contributed by atoms with Crippen LogP contribution in [0.25, 0.3) is 5.57 Å². The Morgan fingerprint density at radius 3 is 2.18 bits per heavy atom. The Morgan fingerprint density at radius 1 is 1.00 bits per heavy atom. The molecule has 1 fully saturated rings. The maximum absolute atomic E-state index is 13.5. The van der Waals surface area contributed by atoms with Crippen LogP contribution in [0.5, 0.6) is 0 Å². The third-order valence-corrected chi connectivity index (χ3v) is 8.63. The molecule has 212 valence electrons. The van der Waals surface area contributed by atoms with Crippen LogP contribution in [0.1, 0.15) is 75.9 Å². The number of anilines is 1. The van der Waals surface area contributed by atoms with Gasteiger partial charge in [0.25, 0.3) is 5.91 Å². The third-order valence-electron chi connectivity index (χ3n) is 6.96. The Bertz CT molecular complexity index is 1350. The molecule has 1 heterocycles. The quantitative estimate of drug-likeness (QED) is 0.437. The largest absolute Gasteiger partial charge is 0.444 e. The zero-order valence-corrected chi connectivity index (χ0v) is 24.9. The average Bonchev–Trinajstić information content (AvgIpc) is 2.82. The van der Waals surface area contributed by atoms with Gasteiger partial charge in [-0.1, -0.05) is 24.8 Å². The van der Waals surface area contributed by atoms with Crippen molar-refractivity contribution >= 4 is 33.3 Å². The molecule has 1 aliphatic heterocycles. The van der Waals surface area contributed by atoms with Crippen LogP contribution in [0.15, 0.2) is 53.9 Å². The number of allylic oxidation sites excluding steroid dienone is 1. The first-order valence-corrected chi connectivity index (χ1v) is 14.7. The number of carbonyl (C=O) groups excluding carboxylic acids is 2. The van der Waals surface area contributed by atoms with E-state index in [2.05, 4.69) is 16.6 Å². The summed E-state index contributed by atoms with van der Waals surface area (Å²) in [5.41, 5.74) is 1.73. The van der Waals surface area contributed by atoms with Gasteiger partial charge in [0.2, 0.25) is 10.0 Å². The zero-order chi connectivity index (χ0) is 29.2. The Morgan fingerprint density at radius 2 is 1.62 bits per heavy atom. The SMILES string of the molecule is C=C(C)c1cc(S(=O)(=O)NC(C)(C)C2CCN(C(=O)OC(C)(C)C)CC2)ccc1NC(=O)c1ccccc1C. The number of amides is 2. The molecule has 0 saturated carbocycles. The fourth-order valence-electron chi connectivity index (χ4n) is 4.77. The van der Waals surface area contributed by atoms with Crippen LogP contribution in [0.4, 0.5) is 10.5 Å². The van der Waals surface area contributed by atoms with E-state index in [1.165, 1.54) is 6.07 Å². The van der Waals surface area contributed by atoms with Crippen LogP contribution >= 0.6 is 0 Å². The molecular formula is C30H41N3O5S. The lowest BCUT2D eigenvalue weighted by molar-refractivity contribution is 0.0151. The van der Waals surface area contributed by atoms with Gasteiger partial charge >= 0.3 is 6.09 Å². The van der Waals surface area contributed by atoms with Crippen molar-refractivity contribution in [3.8, 4) is 0 Å². The zero-order valence-electron chi connectivity index (χ0n) is 24.1. The normalized spacial score (nSPS) is 15.1. The van der Waals surface area contributed by atoms with Crippen molar-refractivity contribution < 1.29 is 22.7 Å². The van der Waals surface area contributed by atoms with Gasteiger partial charge < -0.3 is 15.0 Å². The molecule has 0 unspecified atom stereocenters. The lowest BCUT2D eigenvalue weighted by Crippen LogP contribution is -2.53. The fraction of sp³-hybridized carbons (Fsp3) is 0.467. The molecule has 9 heteroatoms. The molecule has 2 amide bonds. The second-order valence-electron chi connectivity index (χ2n) is 11.8. The molecule has 2 aromatic rings. The summed E-state index contributed by atoms with van der Waals surface area (Å²) in [6.45, 7) is 17.9. The van der Waals surface area contributed by atoms with Crippen LogP contribution in [-0.4, -0.2) is 49.5 Å². The molecule has 1 aliphatic rings. The van der Waals surface area contributed by atoms with E-state index in [1.807, 2.05) is 53.7 Å². The highest BCUT2D eigenvalue weighted by atomic mass is 32.2. The number of rotatable bonds is 7. The summed E-state index contributed by atoms with van der Waals surface area (Å²) in [6.07, 6.45) is 0.951. The van der Waals surface area contributed by atoms with Crippen molar-refractivity contribution in [1.82, 2.24) is 9.62 Å². The number of piperidine rings is 1. The van der Waals surface area contributed by atoms with Crippen LogP contribution < -0.4 is 10.0 Å². The van der Waals surface area contributed by atoms with Crippen molar-refractivity contribution in [2.75, 3.05) is 18.4 Å². The summed E-state index contributed by atoms with van der Waals surface area (Å²) >= 11 is 0. The molecule has 0 bridgehead atoms. The maximum Gasteiger partial charge on any atom is 0.410 e. The van der Waals surface area contributed by atoms with Gasteiger partial charge in [-0.3, -0.25) is 4.79 Å². The minimum absolute atomic E-state index is 0.0271. The summed E-state index contributed by atoms with van der Waals surface area (Å²) in [5, 5.41) is 2.90. The van der Waals surface area contributed by atoms with E-state index in [0.29, 0.717) is 48.3 Å². The number of nitrogens with one attached hydrogen (secondary N) is 2. The van der Waals surface area contributed by atoms with E-state index >= 15 is 0 Å². The number of likely N-dealkylation sites (tertiary alicyclic amines) is 1. The van der Waals surface area contributed by atoms with Crippen molar-refractivity contribution in [2.24, 2.45) is 5.92 Å². The smallest absolute Gasteiger partial charge is 0.410 e. The van der Waals surface area contributed by atoms with Gasteiger partial charge in [0.1, 0.15) is 5.60 Å². The number of hydrogen-bond acceptors (Lipinski definition) is 5. The van der Waals surface area contributed by atoms with Crippen molar-refractivity contribution in [3.05, 3.63) is 65.7 Å². The maximum atomic E-state index is 13.5. The number of sulfonamides is 1. The Balaban J connectivity index is 1.74. The van der Waals surface area contributed by atoms with Crippen molar-refractivity contribution in [2.45, 2.75) is 77.3 Å². The number of benzene rings is 2. The second kappa shape index (κ2) is 11.5. The minimum Gasteiger partial charge on any atom is -0.444 e. The van der Waals surface area contributed by atoms with Crippen LogP contribution in [0, 0.1) is 12.8 Å². The van der Waals surface area contributed by atoms with Gasteiger partial charge in [0.05, 0.1) is 4.90 Å². The highest BCUT2D eigenvalue weighted by Crippen LogP contribution is 2.32. The predicted molar refractivity (Wildman–Crippen MR) is 155 cm³/mol. The number of hydrogen-bond donors (Lipinski definition) is 2. The summed E-state index contributed by atoms with van der Waals surface area (Å²) in [7, 11) is -3.89. The van der Waals surface area contributed by atoms with E-state index in [1.54, 1.807) is 36.1 Å². The molecule has 3 rings (SSSR count). The highest BCUT2D eigenvalue weighted by molar-refractivity contribution is 7.89. The molecule has 2 N–H and O–H groups in total. The molecule has 0 spiro atoms. The molecule has 8 nitrogen and oxygen atoms in total. The summed E-state index contributed by atoms with van der Waals surface area (Å²) < 4.78 is 35.3. The highest BCUT2D eigenvalue weighted by Gasteiger charge is 2.38. The number of nitrogens with zero attached hydrogens (tertiary/aromatic N) is 1. The van der Waals surface area contributed by atoms with Gasteiger partial charge in [-0.05, 0) is 103 Å². The molecule has 1 saturated heterocycles. The van der Waals surface area contributed by atoms with E-state index in [0.717, 1.165) is 5.56 Å². The Labute approximate surface area is 232 Å². The molecular weight excluding hydrogens is 514 g/mol. The second-order valence-corrected chi connectivity index (χ2v) is 13.5.